The van der Waals surface area contributed by atoms with Gasteiger partial charge in [-0.2, -0.15) is 0 Å². The van der Waals surface area contributed by atoms with Gasteiger partial charge in [0.15, 0.2) is 5.60 Å². The van der Waals surface area contributed by atoms with E-state index in [1.165, 1.54) is 0 Å². The number of primary amides is 1. The topological polar surface area (TPSA) is 201 Å². The van der Waals surface area contributed by atoms with Crippen LogP contribution in [-0.2, 0) is 14.4 Å². The van der Waals surface area contributed by atoms with E-state index in [-0.39, 0.29) is 0 Å². The molecule has 126 valence electrons. The Labute approximate surface area is 129 Å². The number of carbonyl (C=O) groups excluding carboxylic acids is 1. The van der Waals surface area contributed by atoms with Gasteiger partial charge in [-0.25, -0.2) is 4.79 Å². The first kappa shape index (κ1) is 19.9. The number of nitrogens with two attached hydrogens (primary N) is 2. The predicted molar refractivity (Wildman–Crippen MR) is 76.5 cm³/mol. The molecule has 0 unspecified atom stereocenters. The molecule has 0 spiro atoms. The molecule has 0 aliphatic heterocycles. The van der Waals surface area contributed by atoms with Gasteiger partial charge in [-0.3, -0.25) is 14.4 Å². The van der Waals surface area contributed by atoms with E-state index in [1.807, 2.05) is 0 Å². The van der Waals surface area contributed by atoms with Gasteiger partial charge >= 0.3 is 17.9 Å². The Hall–Kier alpha value is -3.14. The molecule has 0 atom stereocenters. The second-order valence-corrected chi connectivity index (χ2v) is 4.46. The van der Waals surface area contributed by atoms with E-state index in [4.69, 9.17) is 31.9 Å². The van der Waals surface area contributed by atoms with Crippen molar-refractivity contribution in [2.75, 3.05) is 5.73 Å². The summed E-state index contributed by atoms with van der Waals surface area (Å²) in [6.45, 7) is 0. The zero-order chi connectivity index (χ0) is 18.2. The van der Waals surface area contributed by atoms with E-state index in [9.17, 15) is 19.2 Å². The lowest BCUT2D eigenvalue weighted by molar-refractivity contribution is -0.170. The Bertz CT molecular complexity index is 580. The lowest BCUT2D eigenvalue weighted by atomic mass is 9.96. The van der Waals surface area contributed by atoms with E-state index in [0.717, 1.165) is 0 Å². The second-order valence-electron chi connectivity index (χ2n) is 4.46. The van der Waals surface area contributed by atoms with E-state index < -0.39 is 42.3 Å². The monoisotopic (exact) mass is 328 g/mol. The summed E-state index contributed by atoms with van der Waals surface area (Å²) in [6.07, 6.45) is -2.29. The summed E-state index contributed by atoms with van der Waals surface area (Å²) in [5, 5.41) is 33.8. The van der Waals surface area contributed by atoms with E-state index in [0.29, 0.717) is 11.3 Å². The van der Waals surface area contributed by atoms with Crippen LogP contribution in [0.4, 0.5) is 5.69 Å². The molecule has 23 heavy (non-hydrogen) atoms. The lowest BCUT2D eigenvalue weighted by Gasteiger charge is -2.18. The maximum absolute atomic E-state index is 10.5. The van der Waals surface area contributed by atoms with Gasteiger partial charge < -0.3 is 31.9 Å². The molecule has 0 aliphatic carbocycles. The molecule has 1 aromatic carbocycles. The normalized spacial score (nSPS) is 10.1. The van der Waals surface area contributed by atoms with Gasteiger partial charge in [0.1, 0.15) is 0 Å². The summed E-state index contributed by atoms with van der Waals surface area (Å²) < 4.78 is 0. The Kier molecular flexibility index (Phi) is 7.20. The van der Waals surface area contributed by atoms with Gasteiger partial charge in [-0.15, -0.1) is 0 Å². The third kappa shape index (κ3) is 7.43. The predicted octanol–water partition coefficient (Wildman–Crippen LogP) is -0.881. The maximum Gasteiger partial charge on any atom is 0.336 e. The van der Waals surface area contributed by atoms with Gasteiger partial charge in [-0.05, 0) is 24.3 Å². The largest absolute Gasteiger partial charge is 0.481 e. The fourth-order valence-corrected chi connectivity index (χ4v) is 1.36. The first-order valence-corrected chi connectivity index (χ1v) is 6.02. The average molecular weight is 328 g/mol. The molecule has 0 fully saturated rings. The molecule has 10 nitrogen and oxygen atoms in total. The van der Waals surface area contributed by atoms with Crippen LogP contribution in [0, 0.1) is 0 Å². The van der Waals surface area contributed by atoms with Crippen LogP contribution >= 0.6 is 0 Å². The van der Waals surface area contributed by atoms with Gasteiger partial charge in [-0.1, -0.05) is 0 Å². The third-order valence-corrected chi connectivity index (χ3v) is 2.48. The van der Waals surface area contributed by atoms with E-state index >= 15 is 0 Å². The number of aliphatic hydroxyl groups is 1. The van der Waals surface area contributed by atoms with Crippen LogP contribution in [0.5, 0.6) is 0 Å². The number of amides is 1. The number of anilines is 1. The summed E-state index contributed by atoms with van der Waals surface area (Å²) in [7, 11) is 0. The molecule has 1 aromatic rings. The Morgan fingerprint density at radius 2 is 1.30 bits per heavy atom. The maximum atomic E-state index is 10.5. The number of hydrogen-bond acceptors (Lipinski definition) is 6. The van der Waals surface area contributed by atoms with Crippen molar-refractivity contribution in [3.8, 4) is 0 Å². The summed E-state index contributed by atoms with van der Waals surface area (Å²) in [5.74, 6) is -5.45. The minimum atomic E-state index is -2.74. The number of rotatable bonds is 6. The summed E-state index contributed by atoms with van der Waals surface area (Å²) >= 11 is 0. The van der Waals surface area contributed by atoms with Crippen molar-refractivity contribution in [3.63, 3.8) is 0 Å². The van der Waals surface area contributed by atoms with Crippen molar-refractivity contribution in [3.05, 3.63) is 29.8 Å². The first-order chi connectivity index (χ1) is 10.5. The number of carboxylic acids is 3. The van der Waals surface area contributed by atoms with Crippen LogP contribution in [-0.4, -0.2) is 49.8 Å². The van der Waals surface area contributed by atoms with E-state index in [1.54, 1.807) is 24.3 Å². The third-order valence-electron chi connectivity index (χ3n) is 2.48. The van der Waals surface area contributed by atoms with Crippen LogP contribution in [0.1, 0.15) is 23.2 Å². The molecular weight excluding hydrogens is 312 g/mol. The van der Waals surface area contributed by atoms with Crippen LogP contribution < -0.4 is 11.5 Å². The highest BCUT2D eigenvalue weighted by atomic mass is 16.4. The highest BCUT2D eigenvalue weighted by Gasteiger charge is 2.40. The molecule has 8 N–H and O–H groups in total. The molecule has 0 heterocycles. The molecule has 0 aliphatic rings. The van der Waals surface area contributed by atoms with Crippen molar-refractivity contribution in [2.24, 2.45) is 5.73 Å². The number of aliphatic carboxylic acids is 3. The van der Waals surface area contributed by atoms with Crippen molar-refractivity contribution in [1.82, 2.24) is 0 Å². The van der Waals surface area contributed by atoms with Gasteiger partial charge in [0.05, 0.1) is 12.8 Å². The molecule has 1 amide bonds. The van der Waals surface area contributed by atoms with Crippen LogP contribution in [0.3, 0.4) is 0 Å². The number of carbonyl (C=O) groups is 4. The number of nitrogen functional groups attached to an aromatic ring is 1. The van der Waals surface area contributed by atoms with Crippen molar-refractivity contribution in [1.29, 1.82) is 0 Å². The van der Waals surface area contributed by atoms with Crippen LogP contribution in [0.25, 0.3) is 0 Å². The highest BCUT2D eigenvalue weighted by Crippen LogP contribution is 2.15. The Balaban J connectivity index is 0.000000433. The molecule has 10 heteroatoms. The van der Waals surface area contributed by atoms with Crippen LogP contribution in [0.15, 0.2) is 24.3 Å². The van der Waals surface area contributed by atoms with Crippen LogP contribution in [0.2, 0.25) is 0 Å². The van der Waals surface area contributed by atoms with Crippen molar-refractivity contribution >= 4 is 29.5 Å². The Morgan fingerprint density at radius 1 is 0.913 bits per heavy atom. The Morgan fingerprint density at radius 3 is 1.57 bits per heavy atom. The average Bonchev–Trinajstić information content (AvgIpc) is 2.37. The van der Waals surface area contributed by atoms with Gasteiger partial charge in [0, 0.05) is 11.3 Å². The molecule has 0 radical (unpaired) electrons. The van der Waals surface area contributed by atoms with E-state index in [2.05, 4.69) is 0 Å². The van der Waals surface area contributed by atoms with Crippen molar-refractivity contribution in [2.45, 2.75) is 18.4 Å². The fraction of sp³-hybridized carbons (Fsp3) is 0.231. The zero-order valence-corrected chi connectivity index (χ0v) is 11.8. The fourth-order valence-electron chi connectivity index (χ4n) is 1.36. The molecule has 1 rings (SSSR count). The molecule has 0 saturated heterocycles. The molecule has 0 bridgehead atoms. The zero-order valence-electron chi connectivity index (χ0n) is 11.8. The number of benzene rings is 1. The molecule has 0 saturated carbocycles. The summed E-state index contributed by atoms with van der Waals surface area (Å²) in [5.41, 5.74) is 8.73. The summed E-state index contributed by atoms with van der Waals surface area (Å²) in [4.78, 5) is 41.0. The first-order valence-electron chi connectivity index (χ1n) is 6.02. The minimum absolute atomic E-state index is 0.431. The highest BCUT2D eigenvalue weighted by molar-refractivity contribution is 5.93. The SMILES string of the molecule is NC(=O)c1ccc(N)cc1.O=C(O)CC(O)(CC(=O)O)C(=O)O. The molecule has 0 aromatic heterocycles. The standard InChI is InChI=1S/C7H8N2O.C6H8O7/c8-6-3-1-5(2-4-6)7(9)10;7-3(8)1-6(13,5(11)12)2-4(9)10/h1-4H,8H2,(H2,9,10);13H,1-2H2,(H,7,8)(H,9,10)(H,11,12). The van der Waals surface area contributed by atoms with Gasteiger partial charge in [0.2, 0.25) is 5.91 Å². The number of hydrogen-bond donors (Lipinski definition) is 6. The number of carboxylic acid groups (broad SMARTS) is 3. The van der Waals surface area contributed by atoms with Gasteiger partial charge in [0.25, 0.3) is 0 Å². The molecular formula is C13H16N2O8. The smallest absolute Gasteiger partial charge is 0.336 e. The van der Waals surface area contributed by atoms with Crippen molar-refractivity contribution < 1.29 is 39.6 Å². The quantitative estimate of drug-likeness (QED) is 0.358. The second kappa shape index (κ2) is 8.34. The summed E-state index contributed by atoms with van der Waals surface area (Å²) in [6, 6.07) is 6.47. The minimum Gasteiger partial charge on any atom is -0.481 e. The lowest BCUT2D eigenvalue weighted by Crippen LogP contribution is -2.42.